The summed E-state index contributed by atoms with van der Waals surface area (Å²) >= 11 is 0. The van der Waals surface area contributed by atoms with E-state index in [0.717, 1.165) is 11.4 Å². The van der Waals surface area contributed by atoms with E-state index >= 15 is 0 Å². The Morgan fingerprint density at radius 1 is 1.15 bits per heavy atom. The molecule has 2 rings (SSSR count). The van der Waals surface area contributed by atoms with E-state index in [1.165, 1.54) is 5.56 Å². The molecule has 0 fully saturated rings. The van der Waals surface area contributed by atoms with Gasteiger partial charge in [0.25, 0.3) is 0 Å². The van der Waals surface area contributed by atoms with Gasteiger partial charge >= 0.3 is 0 Å². The van der Waals surface area contributed by atoms with Gasteiger partial charge in [0, 0.05) is 11.8 Å². The first kappa shape index (κ1) is 14.1. The van der Waals surface area contributed by atoms with Crippen LogP contribution in [-0.2, 0) is 5.41 Å². The Bertz CT molecular complexity index is 663. The van der Waals surface area contributed by atoms with Crippen molar-refractivity contribution >= 4 is 0 Å². The summed E-state index contributed by atoms with van der Waals surface area (Å²) in [6.07, 6.45) is 0. The summed E-state index contributed by atoms with van der Waals surface area (Å²) in [7, 11) is 0. The predicted octanol–water partition coefficient (Wildman–Crippen LogP) is 4.35. The molecule has 0 aliphatic rings. The number of benzene rings is 1. The van der Waals surface area contributed by atoms with Crippen LogP contribution in [0.3, 0.4) is 0 Å². The molecule has 20 heavy (non-hydrogen) atoms. The van der Waals surface area contributed by atoms with Crippen molar-refractivity contribution in [2.24, 2.45) is 0 Å². The van der Waals surface area contributed by atoms with Gasteiger partial charge in [-0.3, -0.25) is 0 Å². The lowest BCUT2D eigenvalue weighted by Gasteiger charge is -2.19. The van der Waals surface area contributed by atoms with Crippen LogP contribution < -0.4 is 4.74 Å². The first-order chi connectivity index (χ1) is 9.38. The molecule has 3 nitrogen and oxygen atoms in total. The van der Waals surface area contributed by atoms with Crippen LogP contribution in [0.1, 0.15) is 37.6 Å². The van der Waals surface area contributed by atoms with Crippen molar-refractivity contribution < 1.29 is 4.74 Å². The molecule has 2 aromatic rings. The molecule has 0 spiro atoms. The Morgan fingerprint density at radius 2 is 1.90 bits per heavy atom. The zero-order valence-electron chi connectivity index (χ0n) is 12.3. The van der Waals surface area contributed by atoms with Crippen molar-refractivity contribution in [3.63, 3.8) is 0 Å². The fraction of sp³-hybridized carbons (Fsp3) is 0.294. The third kappa shape index (κ3) is 3.36. The molecule has 0 saturated carbocycles. The molecule has 0 radical (unpaired) electrons. The maximum absolute atomic E-state index is 8.97. The second-order valence-corrected chi connectivity index (χ2v) is 5.83. The van der Waals surface area contributed by atoms with Crippen LogP contribution in [0.15, 0.2) is 36.4 Å². The third-order valence-corrected chi connectivity index (χ3v) is 2.98. The molecule has 3 heteroatoms. The van der Waals surface area contributed by atoms with Crippen molar-refractivity contribution in [2.75, 3.05) is 0 Å². The fourth-order valence-electron chi connectivity index (χ4n) is 1.90. The normalized spacial score (nSPS) is 10.9. The van der Waals surface area contributed by atoms with Gasteiger partial charge in [-0.15, -0.1) is 0 Å². The van der Waals surface area contributed by atoms with E-state index in [4.69, 9.17) is 10.00 Å². The second-order valence-electron chi connectivity index (χ2n) is 5.83. The largest absolute Gasteiger partial charge is 0.439 e. The lowest BCUT2D eigenvalue weighted by Crippen LogP contribution is -2.10. The zero-order valence-corrected chi connectivity index (χ0v) is 12.3. The molecule has 0 bridgehead atoms. The molecule has 0 unspecified atom stereocenters. The second kappa shape index (κ2) is 5.34. The molecule has 0 N–H and O–H groups in total. The standard InChI is InChI=1S/C17H18N2O/c1-12-8-13(11-18)9-16(19-12)20-15-7-5-6-14(10-15)17(2,3)4/h5-10H,1-4H3. The molecule has 1 aromatic heterocycles. The highest BCUT2D eigenvalue weighted by Crippen LogP contribution is 2.28. The average molecular weight is 266 g/mol. The summed E-state index contributed by atoms with van der Waals surface area (Å²) in [6.45, 7) is 8.32. The van der Waals surface area contributed by atoms with Gasteiger partial charge < -0.3 is 4.74 Å². The quantitative estimate of drug-likeness (QED) is 0.811. The van der Waals surface area contributed by atoms with Crippen LogP contribution in [-0.4, -0.2) is 4.98 Å². The molecule has 0 saturated heterocycles. The summed E-state index contributed by atoms with van der Waals surface area (Å²) in [5.41, 5.74) is 2.59. The van der Waals surface area contributed by atoms with E-state index in [-0.39, 0.29) is 5.41 Å². The Labute approximate surface area is 119 Å². The number of nitriles is 1. The molecule has 0 aliphatic carbocycles. The van der Waals surface area contributed by atoms with E-state index in [0.29, 0.717) is 11.4 Å². The van der Waals surface area contributed by atoms with Crippen molar-refractivity contribution in [1.82, 2.24) is 4.98 Å². The number of hydrogen-bond acceptors (Lipinski definition) is 3. The summed E-state index contributed by atoms with van der Waals surface area (Å²) in [6, 6.07) is 13.4. The van der Waals surface area contributed by atoms with E-state index in [9.17, 15) is 0 Å². The van der Waals surface area contributed by atoms with Crippen molar-refractivity contribution in [2.45, 2.75) is 33.1 Å². The molecule has 1 aromatic carbocycles. The van der Waals surface area contributed by atoms with Crippen LogP contribution in [0.2, 0.25) is 0 Å². The Balaban J connectivity index is 2.31. The molecule has 0 aliphatic heterocycles. The minimum Gasteiger partial charge on any atom is -0.439 e. The summed E-state index contributed by atoms with van der Waals surface area (Å²) in [5, 5.41) is 8.97. The summed E-state index contributed by atoms with van der Waals surface area (Å²) in [4.78, 5) is 4.30. The highest BCUT2D eigenvalue weighted by atomic mass is 16.5. The number of pyridine rings is 1. The molecular formula is C17H18N2O. The van der Waals surface area contributed by atoms with Gasteiger partial charge in [0.05, 0.1) is 11.6 Å². The minimum atomic E-state index is 0.0667. The van der Waals surface area contributed by atoms with Crippen LogP contribution >= 0.6 is 0 Å². The first-order valence-corrected chi connectivity index (χ1v) is 6.56. The van der Waals surface area contributed by atoms with Crippen molar-refractivity contribution in [3.8, 4) is 17.7 Å². The maximum atomic E-state index is 8.97. The molecule has 1 heterocycles. The number of aromatic nitrogens is 1. The number of hydrogen-bond donors (Lipinski definition) is 0. The number of rotatable bonds is 2. The fourth-order valence-corrected chi connectivity index (χ4v) is 1.90. The minimum absolute atomic E-state index is 0.0667. The molecule has 0 atom stereocenters. The number of ether oxygens (including phenoxy) is 1. The highest BCUT2D eigenvalue weighted by molar-refractivity contribution is 5.38. The molecule has 0 amide bonds. The van der Waals surface area contributed by atoms with Crippen LogP contribution in [0.25, 0.3) is 0 Å². The lowest BCUT2D eigenvalue weighted by atomic mass is 9.87. The Morgan fingerprint density at radius 3 is 2.55 bits per heavy atom. The van der Waals surface area contributed by atoms with Gasteiger partial charge in [0.1, 0.15) is 5.75 Å². The molecular weight excluding hydrogens is 248 g/mol. The Kier molecular flexibility index (Phi) is 3.76. The predicted molar refractivity (Wildman–Crippen MR) is 78.9 cm³/mol. The lowest BCUT2D eigenvalue weighted by molar-refractivity contribution is 0.458. The number of aryl methyl sites for hydroxylation is 1. The van der Waals surface area contributed by atoms with E-state index < -0.39 is 0 Å². The summed E-state index contributed by atoms with van der Waals surface area (Å²) in [5.74, 6) is 1.19. The van der Waals surface area contributed by atoms with Gasteiger partial charge in [-0.1, -0.05) is 32.9 Å². The Hall–Kier alpha value is -2.34. The highest BCUT2D eigenvalue weighted by Gasteiger charge is 2.14. The zero-order chi connectivity index (χ0) is 14.8. The van der Waals surface area contributed by atoms with Crippen LogP contribution in [0.4, 0.5) is 0 Å². The topological polar surface area (TPSA) is 45.9 Å². The van der Waals surface area contributed by atoms with Gasteiger partial charge in [0.15, 0.2) is 0 Å². The summed E-state index contributed by atoms with van der Waals surface area (Å²) < 4.78 is 5.78. The smallest absolute Gasteiger partial charge is 0.220 e. The average Bonchev–Trinajstić information content (AvgIpc) is 2.37. The van der Waals surface area contributed by atoms with Crippen molar-refractivity contribution in [3.05, 3.63) is 53.2 Å². The first-order valence-electron chi connectivity index (χ1n) is 6.56. The third-order valence-electron chi connectivity index (χ3n) is 2.98. The van der Waals surface area contributed by atoms with E-state index in [2.05, 4.69) is 37.9 Å². The van der Waals surface area contributed by atoms with Gasteiger partial charge in [-0.25, -0.2) is 4.98 Å². The maximum Gasteiger partial charge on any atom is 0.220 e. The van der Waals surface area contributed by atoms with Gasteiger partial charge in [-0.2, -0.15) is 5.26 Å². The van der Waals surface area contributed by atoms with E-state index in [1.54, 1.807) is 12.1 Å². The SMILES string of the molecule is Cc1cc(C#N)cc(Oc2cccc(C(C)(C)C)c2)n1. The van der Waals surface area contributed by atoms with Gasteiger partial charge in [-0.05, 0) is 36.1 Å². The van der Waals surface area contributed by atoms with Crippen LogP contribution in [0, 0.1) is 18.3 Å². The van der Waals surface area contributed by atoms with Gasteiger partial charge in [0.2, 0.25) is 5.88 Å². The van der Waals surface area contributed by atoms with Crippen molar-refractivity contribution in [1.29, 1.82) is 5.26 Å². The number of nitrogens with zero attached hydrogens (tertiary/aromatic N) is 2. The monoisotopic (exact) mass is 266 g/mol. The van der Waals surface area contributed by atoms with E-state index in [1.807, 2.05) is 25.1 Å². The van der Waals surface area contributed by atoms with Crippen LogP contribution in [0.5, 0.6) is 11.6 Å². The molecule has 102 valence electrons.